The van der Waals surface area contributed by atoms with Crippen molar-refractivity contribution >= 4 is 34.4 Å². The smallest absolute Gasteiger partial charge is 0.333 e. The molecule has 1 aromatic heterocycles. The maximum atomic E-state index is 14.1. The number of nitrogens with one attached hydrogen (secondary N) is 1. The zero-order valence-electron chi connectivity index (χ0n) is 13.4. The number of carbonyl (C=O) groups is 1. The molecule has 0 bridgehead atoms. The van der Waals surface area contributed by atoms with Gasteiger partial charge in [0.25, 0.3) is 5.91 Å². The van der Waals surface area contributed by atoms with Crippen LogP contribution in [0.4, 0.5) is 13.2 Å². The van der Waals surface area contributed by atoms with Crippen LogP contribution in [-0.2, 0) is 10.3 Å². The van der Waals surface area contributed by atoms with E-state index in [4.69, 9.17) is 11.6 Å². The summed E-state index contributed by atoms with van der Waals surface area (Å²) in [5.74, 6) is -1.05. The van der Waals surface area contributed by atoms with Crippen molar-refractivity contribution in [3.63, 3.8) is 0 Å². The number of carbonyl (C=O) groups excluding carboxylic acids is 1. The van der Waals surface area contributed by atoms with Crippen LogP contribution in [0.3, 0.4) is 0 Å². The second-order valence-electron chi connectivity index (χ2n) is 5.97. The second-order valence-corrected chi connectivity index (χ2v) is 7.68. The van der Waals surface area contributed by atoms with Crippen LogP contribution >= 0.6 is 22.9 Å². The lowest BCUT2D eigenvalue weighted by Gasteiger charge is -2.40. The van der Waals surface area contributed by atoms with E-state index in [9.17, 15) is 23.2 Å². The summed E-state index contributed by atoms with van der Waals surface area (Å²) in [6, 6.07) is 10.6. The number of hydrogen-bond acceptors (Lipinski definition) is 3. The molecular weight excluding hydrogens is 385 g/mol. The maximum Gasteiger partial charge on any atom is 0.416 e. The fourth-order valence-corrected chi connectivity index (χ4v) is 4.04. The van der Waals surface area contributed by atoms with E-state index in [1.165, 1.54) is 24.3 Å². The number of nitriles is 1. The molecule has 3 nitrogen and oxygen atoms in total. The summed E-state index contributed by atoms with van der Waals surface area (Å²) in [5, 5.41) is 11.3. The Kier molecular flexibility index (Phi) is 4.59. The highest BCUT2D eigenvalue weighted by Crippen LogP contribution is 2.49. The van der Waals surface area contributed by atoms with Crippen molar-refractivity contribution < 1.29 is 18.0 Å². The van der Waals surface area contributed by atoms with Gasteiger partial charge in [0.1, 0.15) is 11.6 Å². The number of rotatable bonds is 2. The number of aryl methyl sites for hydroxylation is 1. The molecule has 3 rings (SSSR count). The van der Waals surface area contributed by atoms with Gasteiger partial charge in [-0.25, -0.2) is 0 Å². The first kappa shape index (κ1) is 18.5. The Morgan fingerprint density at radius 1 is 1.23 bits per heavy atom. The first-order valence-corrected chi connectivity index (χ1v) is 8.73. The van der Waals surface area contributed by atoms with Crippen molar-refractivity contribution in [1.82, 2.24) is 5.32 Å². The summed E-state index contributed by atoms with van der Waals surface area (Å²) in [5.41, 5.74) is -2.17. The molecule has 1 atom stereocenters. The molecule has 0 saturated carbocycles. The van der Waals surface area contributed by atoms with Crippen molar-refractivity contribution in [3.05, 3.63) is 62.3 Å². The van der Waals surface area contributed by atoms with E-state index in [1.807, 2.05) is 5.32 Å². The van der Waals surface area contributed by atoms with E-state index in [1.54, 1.807) is 25.1 Å². The van der Waals surface area contributed by atoms with Crippen LogP contribution < -0.4 is 5.32 Å². The summed E-state index contributed by atoms with van der Waals surface area (Å²) < 4.78 is 42.8. The Balaban J connectivity index is 2.22. The van der Waals surface area contributed by atoms with Gasteiger partial charge in [-0.1, -0.05) is 41.4 Å². The van der Waals surface area contributed by atoms with Crippen LogP contribution in [0, 0.1) is 18.3 Å². The summed E-state index contributed by atoms with van der Waals surface area (Å²) in [7, 11) is 0. The van der Waals surface area contributed by atoms with Gasteiger partial charge >= 0.3 is 6.18 Å². The molecule has 0 fully saturated rings. The molecule has 0 spiro atoms. The van der Waals surface area contributed by atoms with Gasteiger partial charge in [-0.3, -0.25) is 4.79 Å². The van der Waals surface area contributed by atoms with Gasteiger partial charge in [0, 0.05) is 11.3 Å². The topological polar surface area (TPSA) is 52.9 Å². The van der Waals surface area contributed by atoms with Gasteiger partial charge in [0.15, 0.2) is 5.54 Å². The van der Waals surface area contributed by atoms with E-state index in [2.05, 4.69) is 0 Å². The molecule has 134 valence electrons. The molecule has 1 N–H and O–H groups in total. The molecule has 1 aliphatic heterocycles. The first-order valence-electron chi connectivity index (χ1n) is 7.53. The molecule has 8 heteroatoms. The van der Waals surface area contributed by atoms with E-state index >= 15 is 0 Å². The Morgan fingerprint density at radius 2 is 1.88 bits per heavy atom. The number of thiophene rings is 1. The minimum absolute atomic E-state index is 0.0473. The lowest BCUT2D eigenvalue weighted by atomic mass is 9.78. The quantitative estimate of drug-likeness (QED) is 0.779. The van der Waals surface area contributed by atoms with E-state index < -0.39 is 24.0 Å². The van der Waals surface area contributed by atoms with Crippen LogP contribution in [0.1, 0.15) is 22.4 Å². The van der Waals surface area contributed by atoms with Crippen LogP contribution in [0.5, 0.6) is 0 Å². The molecule has 2 heterocycles. The molecule has 1 amide bonds. The van der Waals surface area contributed by atoms with Crippen LogP contribution in [0.15, 0.2) is 42.0 Å². The number of hydrogen-bond donors (Lipinski definition) is 1. The summed E-state index contributed by atoms with van der Waals surface area (Å²) >= 11 is 6.93. The molecule has 0 aliphatic carbocycles. The third kappa shape index (κ3) is 3.00. The monoisotopic (exact) mass is 396 g/mol. The van der Waals surface area contributed by atoms with Crippen molar-refractivity contribution in [2.45, 2.75) is 25.1 Å². The van der Waals surface area contributed by atoms with Crippen LogP contribution in [-0.4, -0.2) is 12.1 Å². The number of amides is 1. The predicted octanol–water partition coefficient (Wildman–Crippen LogP) is 4.96. The number of benzene rings is 1. The lowest BCUT2D eigenvalue weighted by Crippen LogP contribution is -2.58. The molecule has 1 aliphatic rings. The minimum atomic E-state index is -4.76. The standard InChI is InChI=1S/C18H12ClF3N2OS/c1-10-2-4-11(5-3-10)17(18(20,21)22)8-12(13(9-23)16(25)24-17)14-6-7-15(19)26-14/h2-7H,8H2,1H3,(H,24,25)/t17-/m0/s1. The molecular formula is C18H12ClF3N2OS. The van der Waals surface area contributed by atoms with E-state index in [-0.39, 0.29) is 16.7 Å². The van der Waals surface area contributed by atoms with Crippen molar-refractivity contribution in [3.8, 4) is 6.07 Å². The van der Waals surface area contributed by atoms with E-state index in [0.29, 0.717) is 9.21 Å². The highest BCUT2D eigenvalue weighted by atomic mass is 35.5. The summed E-state index contributed by atoms with van der Waals surface area (Å²) in [6.45, 7) is 1.76. The average Bonchev–Trinajstić information content (AvgIpc) is 3.00. The number of nitrogens with zero attached hydrogens (tertiary/aromatic N) is 1. The van der Waals surface area contributed by atoms with Gasteiger partial charge in [-0.2, -0.15) is 18.4 Å². The molecule has 0 radical (unpaired) electrons. The van der Waals surface area contributed by atoms with Crippen molar-refractivity contribution in [2.24, 2.45) is 0 Å². The summed E-state index contributed by atoms with van der Waals surface area (Å²) in [4.78, 5) is 12.8. The van der Waals surface area contributed by atoms with Crippen molar-refractivity contribution in [1.29, 1.82) is 5.26 Å². The number of halogens is 4. The van der Waals surface area contributed by atoms with Crippen molar-refractivity contribution in [2.75, 3.05) is 0 Å². The Labute approximate surface area is 156 Å². The fraction of sp³-hybridized carbons (Fsp3) is 0.222. The highest BCUT2D eigenvalue weighted by molar-refractivity contribution is 7.17. The first-order chi connectivity index (χ1) is 12.2. The molecule has 0 saturated heterocycles. The summed E-state index contributed by atoms with van der Waals surface area (Å²) in [6.07, 6.45) is -5.34. The predicted molar refractivity (Wildman–Crippen MR) is 93.5 cm³/mol. The minimum Gasteiger partial charge on any atom is -0.333 e. The second kappa shape index (κ2) is 6.45. The SMILES string of the molecule is Cc1ccc([C@]2(C(F)(F)F)CC(c3ccc(Cl)s3)=C(C#N)C(=O)N2)cc1. The van der Waals surface area contributed by atoms with Gasteiger partial charge in [-0.05, 0) is 30.2 Å². The van der Waals surface area contributed by atoms with Gasteiger partial charge < -0.3 is 5.32 Å². The Morgan fingerprint density at radius 3 is 2.38 bits per heavy atom. The van der Waals surface area contributed by atoms with Gasteiger partial charge in [-0.15, -0.1) is 11.3 Å². The van der Waals surface area contributed by atoms with E-state index in [0.717, 1.165) is 16.9 Å². The fourth-order valence-electron chi connectivity index (χ4n) is 2.94. The molecule has 2 aromatic rings. The van der Waals surface area contributed by atoms with Gasteiger partial charge in [0.05, 0.1) is 4.34 Å². The third-order valence-electron chi connectivity index (χ3n) is 4.31. The molecule has 26 heavy (non-hydrogen) atoms. The van der Waals surface area contributed by atoms with Crippen LogP contribution in [0.25, 0.3) is 5.57 Å². The molecule has 1 aromatic carbocycles. The highest BCUT2D eigenvalue weighted by Gasteiger charge is 2.59. The average molecular weight is 397 g/mol. The Hall–Kier alpha value is -2.30. The third-order valence-corrected chi connectivity index (χ3v) is 5.60. The largest absolute Gasteiger partial charge is 0.416 e. The zero-order valence-corrected chi connectivity index (χ0v) is 15.0. The number of alkyl halides is 3. The zero-order chi connectivity index (χ0) is 19.1. The Bertz CT molecular complexity index is 941. The molecule has 0 unspecified atom stereocenters. The van der Waals surface area contributed by atoms with Gasteiger partial charge in [0.2, 0.25) is 0 Å². The van der Waals surface area contributed by atoms with Crippen LogP contribution in [0.2, 0.25) is 4.34 Å². The maximum absolute atomic E-state index is 14.1. The normalized spacial score (nSPS) is 20.7. The lowest BCUT2D eigenvalue weighted by molar-refractivity contribution is -0.201.